The highest BCUT2D eigenvalue weighted by atomic mass is 35.5. The minimum atomic E-state index is -3.59. The van der Waals surface area contributed by atoms with E-state index >= 15 is 0 Å². The molecule has 0 aliphatic rings. The van der Waals surface area contributed by atoms with Gasteiger partial charge < -0.3 is 5.32 Å². The molecule has 0 saturated carbocycles. The van der Waals surface area contributed by atoms with Gasteiger partial charge in [-0.1, -0.05) is 30.3 Å². The summed E-state index contributed by atoms with van der Waals surface area (Å²) >= 11 is 0. The molecule has 7 heteroatoms. The van der Waals surface area contributed by atoms with Crippen LogP contribution >= 0.6 is 12.4 Å². The molecule has 0 bridgehead atoms. The van der Waals surface area contributed by atoms with Gasteiger partial charge in [0, 0.05) is 30.0 Å². The van der Waals surface area contributed by atoms with E-state index in [-0.39, 0.29) is 22.2 Å². The normalized spacial score (nSPS) is 11.1. The molecular weight excluding hydrogens is 418 g/mol. The number of rotatable bonds is 6. The van der Waals surface area contributed by atoms with Gasteiger partial charge in [-0.05, 0) is 55.3 Å². The molecular formula is C23H22ClN3O2S. The summed E-state index contributed by atoms with van der Waals surface area (Å²) in [5.74, 6) is 0. The van der Waals surface area contributed by atoms with E-state index < -0.39 is 9.84 Å². The number of hydrogen-bond donors (Lipinski definition) is 1. The Morgan fingerprint density at radius 3 is 2.47 bits per heavy atom. The van der Waals surface area contributed by atoms with Gasteiger partial charge >= 0.3 is 0 Å². The van der Waals surface area contributed by atoms with Gasteiger partial charge in [-0.2, -0.15) is 0 Å². The number of nitrogens with zero attached hydrogens (tertiary/aromatic N) is 2. The number of halogens is 1. The third-order valence-electron chi connectivity index (χ3n) is 4.74. The molecule has 154 valence electrons. The largest absolute Gasteiger partial charge is 0.383 e. The molecule has 30 heavy (non-hydrogen) atoms. The van der Waals surface area contributed by atoms with Crippen LogP contribution in [0.15, 0.2) is 88.9 Å². The lowest BCUT2D eigenvalue weighted by Gasteiger charge is -2.11. The zero-order valence-electron chi connectivity index (χ0n) is 16.4. The second-order valence-electron chi connectivity index (χ2n) is 6.85. The third kappa shape index (κ3) is 4.61. The second-order valence-corrected chi connectivity index (χ2v) is 8.80. The smallest absolute Gasteiger partial charge is 0.208 e. The van der Waals surface area contributed by atoms with Crippen molar-refractivity contribution in [2.24, 2.45) is 0 Å². The highest BCUT2D eigenvalue weighted by Gasteiger charge is 2.18. The molecule has 2 heterocycles. The molecule has 0 aliphatic carbocycles. The zero-order valence-corrected chi connectivity index (χ0v) is 18.1. The number of nitrogens with one attached hydrogen (secondary N) is 1. The van der Waals surface area contributed by atoms with Gasteiger partial charge in [0.1, 0.15) is 0 Å². The van der Waals surface area contributed by atoms with E-state index in [0.29, 0.717) is 0 Å². The fraction of sp³-hybridized carbons (Fsp3) is 0.130. The van der Waals surface area contributed by atoms with Crippen molar-refractivity contribution in [2.75, 3.05) is 11.9 Å². The van der Waals surface area contributed by atoms with Gasteiger partial charge in [-0.25, -0.2) is 8.42 Å². The van der Waals surface area contributed by atoms with E-state index in [1.807, 2.05) is 37.4 Å². The predicted molar refractivity (Wildman–Crippen MR) is 122 cm³/mol. The maximum atomic E-state index is 12.9. The molecule has 5 nitrogen and oxygen atoms in total. The van der Waals surface area contributed by atoms with Crippen LogP contribution in [0.2, 0.25) is 0 Å². The number of sulfone groups is 1. The molecule has 0 aliphatic heterocycles. The van der Waals surface area contributed by atoms with Crippen LogP contribution in [0.1, 0.15) is 11.3 Å². The van der Waals surface area contributed by atoms with Crippen LogP contribution in [0, 0.1) is 6.92 Å². The molecule has 0 spiro atoms. The Kier molecular flexibility index (Phi) is 6.70. The maximum Gasteiger partial charge on any atom is 0.208 e. The highest BCUT2D eigenvalue weighted by molar-refractivity contribution is 7.91. The molecule has 4 aromatic rings. The summed E-state index contributed by atoms with van der Waals surface area (Å²) in [6.07, 6.45) is 4.11. The van der Waals surface area contributed by atoms with Crippen LogP contribution in [-0.2, 0) is 16.3 Å². The summed E-state index contributed by atoms with van der Waals surface area (Å²) in [7, 11) is -3.59. The number of aromatic nitrogens is 2. The average Bonchev–Trinajstić information content (AvgIpc) is 2.74. The van der Waals surface area contributed by atoms with Crippen molar-refractivity contribution >= 4 is 38.8 Å². The van der Waals surface area contributed by atoms with Crippen molar-refractivity contribution in [3.63, 3.8) is 0 Å². The standard InChI is InChI=1S/C23H21N3O2S.ClH/c1-17-14-18(10-12-24-17)11-13-25-22-9-5-6-19-15-21(16-26-23(19)22)29(27,28)20-7-3-2-4-8-20;/h2-10,12,14-16,25H,11,13H2,1H3;1H. The molecule has 2 aromatic carbocycles. The Morgan fingerprint density at radius 1 is 0.900 bits per heavy atom. The van der Waals surface area contributed by atoms with Crippen molar-refractivity contribution in [3.05, 3.63) is 90.4 Å². The van der Waals surface area contributed by atoms with Crippen molar-refractivity contribution < 1.29 is 8.42 Å². The van der Waals surface area contributed by atoms with E-state index in [0.717, 1.165) is 35.2 Å². The van der Waals surface area contributed by atoms with Gasteiger partial charge in [0.25, 0.3) is 0 Å². The Balaban J connectivity index is 0.00000256. The van der Waals surface area contributed by atoms with Gasteiger partial charge in [0.05, 0.1) is 21.0 Å². The van der Waals surface area contributed by atoms with Crippen molar-refractivity contribution in [2.45, 2.75) is 23.1 Å². The molecule has 2 aromatic heterocycles. The van der Waals surface area contributed by atoms with Crippen LogP contribution in [0.25, 0.3) is 10.9 Å². The molecule has 0 saturated heterocycles. The number of pyridine rings is 2. The van der Waals surface area contributed by atoms with Crippen LogP contribution in [0.4, 0.5) is 5.69 Å². The average molecular weight is 440 g/mol. The number of hydrogen-bond acceptors (Lipinski definition) is 5. The molecule has 0 amide bonds. The number of para-hydroxylation sites is 1. The van der Waals surface area contributed by atoms with Gasteiger partial charge in [-0.3, -0.25) is 9.97 Å². The van der Waals surface area contributed by atoms with Crippen molar-refractivity contribution in [3.8, 4) is 0 Å². The second kappa shape index (κ2) is 9.24. The molecule has 0 fully saturated rings. The summed E-state index contributed by atoms with van der Waals surface area (Å²) in [6.45, 7) is 2.72. The van der Waals surface area contributed by atoms with E-state index in [1.165, 1.54) is 11.8 Å². The lowest BCUT2D eigenvalue weighted by molar-refractivity contribution is 0.596. The lowest BCUT2D eigenvalue weighted by Crippen LogP contribution is -2.07. The summed E-state index contributed by atoms with van der Waals surface area (Å²) < 4.78 is 25.7. The van der Waals surface area contributed by atoms with E-state index in [9.17, 15) is 8.42 Å². The number of aryl methyl sites for hydroxylation is 1. The third-order valence-corrected chi connectivity index (χ3v) is 6.48. The first-order valence-electron chi connectivity index (χ1n) is 9.38. The molecule has 0 atom stereocenters. The highest BCUT2D eigenvalue weighted by Crippen LogP contribution is 2.26. The predicted octanol–water partition coefficient (Wildman–Crippen LogP) is 4.85. The molecule has 1 N–H and O–H groups in total. The quantitative estimate of drug-likeness (QED) is 0.465. The number of fused-ring (bicyclic) bond motifs is 1. The van der Waals surface area contributed by atoms with Gasteiger partial charge in [0.15, 0.2) is 0 Å². The first kappa shape index (κ1) is 21.7. The lowest BCUT2D eigenvalue weighted by atomic mass is 10.1. The maximum absolute atomic E-state index is 12.9. The van der Waals surface area contributed by atoms with E-state index in [4.69, 9.17) is 0 Å². The number of benzene rings is 2. The van der Waals surface area contributed by atoms with Crippen LogP contribution < -0.4 is 5.32 Å². The van der Waals surface area contributed by atoms with Gasteiger partial charge in [-0.15, -0.1) is 12.4 Å². The van der Waals surface area contributed by atoms with Crippen LogP contribution in [0.3, 0.4) is 0 Å². The van der Waals surface area contributed by atoms with E-state index in [2.05, 4.69) is 21.4 Å². The van der Waals surface area contributed by atoms with Crippen LogP contribution in [0.5, 0.6) is 0 Å². The minimum Gasteiger partial charge on any atom is -0.383 e. The summed E-state index contributed by atoms with van der Waals surface area (Å²) in [4.78, 5) is 9.14. The SMILES string of the molecule is Cc1cc(CCNc2cccc3cc(S(=O)(=O)c4ccccc4)cnc23)ccn1.Cl. The summed E-state index contributed by atoms with van der Waals surface area (Å²) in [5.41, 5.74) is 3.86. The van der Waals surface area contributed by atoms with Crippen molar-refractivity contribution in [1.29, 1.82) is 0 Å². The first-order valence-corrected chi connectivity index (χ1v) is 10.9. The number of anilines is 1. The van der Waals surface area contributed by atoms with E-state index in [1.54, 1.807) is 36.4 Å². The summed E-state index contributed by atoms with van der Waals surface area (Å²) in [5, 5.41) is 4.20. The Hall–Kier alpha value is -2.96. The molecule has 0 radical (unpaired) electrons. The van der Waals surface area contributed by atoms with Gasteiger partial charge in [0.2, 0.25) is 9.84 Å². The monoisotopic (exact) mass is 439 g/mol. The fourth-order valence-electron chi connectivity index (χ4n) is 3.27. The Labute approximate surface area is 182 Å². The molecule has 4 rings (SSSR count). The Bertz CT molecular complexity index is 1260. The molecule has 0 unspecified atom stereocenters. The Morgan fingerprint density at radius 2 is 1.70 bits per heavy atom. The first-order chi connectivity index (χ1) is 14.0. The van der Waals surface area contributed by atoms with Crippen molar-refractivity contribution in [1.82, 2.24) is 9.97 Å². The summed E-state index contributed by atoms with van der Waals surface area (Å²) in [6, 6.07) is 19.9. The minimum absolute atomic E-state index is 0. The zero-order chi connectivity index (χ0) is 20.3. The topological polar surface area (TPSA) is 72.0 Å². The van der Waals surface area contributed by atoms with Crippen LogP contribution in [-0.4, -0.2) is 24.9 Å². The fourth-order valence-corrected chi connectivity index (χ4v) is 4.53.